The first-order valence-corrected chi connectivity index (χ1v) is 14.3. The molecule has 4 N–H and O–H groups in total. The smallest absolute Gasteiger partial charge is 0.263 e. The quantitative estimate of drug-likeness (QED) is 0.267. The van der Waals surface area contributed by atoms with E-state index >= 15 is 0 Å². The fourth-order valence-electron chi connectivity index (χ4n) is 4.86. The molecule has 0 amide bonds. The summed E-state index contributed by atoms with van der Waals surface area (Å²) in [4.78, 5) is 9.32. The molecule has 0 saturated heterocycles. The van der Waals surface area contributed by atoms with Gasteiger partial charge in [-0.3, -0.25) is 4.72 Å². The number of sulfonamides is 1. The fraction of sp³-hybridized carbons (Fsp3) is 0.286. The summed E-state index contributed by atoms with van der Waals surface area (Å²) in [5, 5.41) is 4.46. The van der Waals surface area contributed by atoms with Gasteiger partial charge in [-0.15, -0.1) is 0 Å². The minimum absolute atomic E-state index is 0.0311. The lowest BCUT2D eigenvalue weighted by Crippen LogP contribution is -2.33. The summed E-state index contributed by atoms with van der Waals surface area (Å²) in [5.41, 5.74) is 9.94. The minimum Gasteiger partial charge on any atom is -0.494 e. The number of nitrogens with two attached hydrogens (primary N) is 1. The lowest BCUT2D eigenvalue weighted by Gasteiger charge is -2.26. The molecule has 8 nitrogen and oxygen atoms in total. The van der Waals surface area contributed by atoms with E-state index in [0.29, 0.717) is 23.4 Å². The first kappa shape index (κ1) is 26.2. The molecule has 0 atom stereocenters. The predicted octanol–water partition coefficient (Wildman–Crippen LogP) is 5.75. The third kappa shape index (κ3) is 5.55. The van der Waals surface area contributed by atoms with Crippen LogP contribution in [0.1, 0.15) is 31.2 Å². The first-order chi connectivity index (χ1) is 18.2. The molecule has 38 heavy (non-hydrogen) atoms. The summed E-state index contributed by atoms with van der Waals surface area (Å²) in [6, 6.07) is 16.3. The maximum absolute atomic E-state index is 12.8. The zero-order valence-corrected chi connectivity index (χ0v) is 22.8. The van der Waals surface area contributed by atoms with Crippen molar-refractivity contribution in [3.63, 3.8) is 0 Å². The van der Waals surface area contributed by atoms with Crippen LogP contribution in [0.3, 0.4) is 0 Å². The maximum Gasteiger partial charge on any atom is 0.263 e. The Hall–Kier alpha value is -3.40. The Bertz CT molecular complexity index is 1590. The lowest BCUT2D eigenvalue weighted by atomic mass is 9.92. The molecule has 1 aliphatic carbocycles. The molecule has 5 rings (SSSR count). The zero-order chi connectivity index (χ0) is 26.9. The number of rotatable bonds is 7. The van der Waals surface area contributed by atoms with E-state index in [1.807, 2.05) is 25.1 Å². The number of fused-ring (bicyclic) bond motifs is 1. The van der Waals surface area contributed by atoms with Crippen molar-refractivity contribution in [2.75, 3.05) is 17.1 Å². The van der Waals surface area contributed by atoms with Gasteiger partial charge in [0.1, 0.15) is 16.2 Å². The van der Waals surface area contributed by atoms with Gasteiger partial charge in [-0.2, -0.15) is 0 Å². The number of anilines is 2. The number of benzene rings is 3. The summed E-state index contributed by atoms with van der Waals surface area (Å²) in [5.74, 6) is 1.21. The molecule has 0 spiro atoms. The summed E-state index contributed by atoms with van der Waals surface area (Å²) in [6.45, 7) is 1.93. The van der Waals surface area contributed by atoms with E-state index in [1.54, 1.807) is 43.6 Å². The Labute approximate surface area is 227 Å². The van der Waals surface area contributed by atoms with Crippen molar-refractivity contribution in [3.8, 4) is 16.9 Å². The molecule has 4 aromatic rings. The van der Waals surface area contributed by atoms with Gasteiger partial charge in [-0.25, -0.2) is 18.4 Å². The molecule has 1 saturated carbocycles. The van der Waals surface area contributed by atoms with Gasteiger partial charge in [-0.05, 0) is 85.7 Å². The number of nitrogens with one attached hydrogen (secondary N) is 2. The van der Waals surface area contributed by atoms with Crippen molar-refractivity contribution in [2.45, 2.75) is 49.6 Å². The van der Waals surface area contributed by atoms with Crippen LogP contribution in [0.5, 0.6) is 5.75 Å². The van der Waals surface area contributed by atoms with Crippen molar-refractivity contribution < 1.29 is 13.2 Å². The van der Waals surface area contributed by atoms with Crippen LogP contribution in [0.4, 0.5) is 11.6 Å². The summed E-state index contributed by atoms with van der Waals surface area (Å²) in [6.07, 6.45) is 5.80. The maximum atomic E-state index is 12.8. The Morgan fingerprint density at radius 2 is 1.82 bits per heavy atom. The highest BCUT2D eigenvalue weighted by atomic mass is 35.5. The molecular formula is C28H30ClN5O3S. The van der Waals surface area contributed by atoms with E-state index in [9.17, 15) is 8.42 Å². The topological polar surface area (TPSA) is 119 Å². The number of hydrogen-bond acceptors (Lipinski definition) is 7. The van der Waals surface area contributed by atoms with Gasteiger partial charge in [0, 0.05) is 29.4 Å². The molecule has 3 aromatic carbocycles. The van der Waals surface area contributed by atoms with E-state index in [4.69, 9.17) is 27.1 Å². The van der Waals surface area contributed by atoms with Crippen molar-refractivity contribution >= 4 is 44.2 Å². The second kappa shape index (κ2) is 10.8. The number of aromatic nitrogens is 2. The van der Waals surface area contributed by atoms with Crippen LogP contribution in [-0.4, -0.2) is 37.6 Å². The van der Waals surface area contributed by atoms with Crippen molar-refractivity contribution in [1.29, 1.82) is 0 Å². The molecule has 0 unspecified atom stereocenters. The average Bonchev–Trinajstić information content (AvgIpc) is 2.89. The Morgan fingerprint density at radius 3 is 2.53 bits per heavy atom. The third-order valence-electron chi connectivity index (χ3n) is 6.89. The molecule has 1 aromatic heterocycles. The van der Waals surface area contributed by atoms with Crippen LogP contribution in [0.2, 0.25) is 5.02 Å². The van der Waals surface area contributed by atoms with Crippen LogP contribution in [0, 0.1) is 6.92 Å². The van der Waals surface area contributed by atoms with E-state index in [1.165, 1.54) is 6.07 Å². The number of aryl methyl sites for hydroxylation is 1. The van der Waals surface area contributed by atoms with E-state index in [-0.39, 0.29) is 16.0 Å². The number of hydrogen-bond donors (Lipinski definition) is 3. The molecule has 0 bridgehead atoms. The Morgan fingerprint density at radius 1 is 1.05 bits per heavy atom. The van der Waals surface area contributed by atoms with Crippen LogP contribution in [0.15, 0.2) is 65.7 Å². The molecule has 1 aliphatic rings. The second-order valence-electron chi connectivity index (χ2n) is 9.63. The molecule has 10 heteroatoms. The standard InChI is InChI=1S/C28H30ClN5O3S/c1-17-13-22(34-38(35,36)26-6-4-3-5-24(26)29)11-12-23(17)18-14-19-16-31-28(33-27(19)25(15-18)37-2)32-21-9-7-20(30)8-10-21/h3-6,11-16,20-21,34H,7-10,30H2,1-2H3,(H,31,32,33). The highest BCUT2D eigenvalue weighted by Crippen LogP contribution is 2.35. The highest BCUT2D eigenvalue weighted by molar-refractivity contribution is 7.92. The van der Waals surface area contributed by atoms with Gasteiger partial charge in [0.2, 0.25) is 5.95 Å². The Kier molecular flexibility index (Phi) is 7.43. The van der Waals surface area contributed by atoms with Gasteiger partial charge in [0.15, 0.2) is 0 Å². The predicted molar refractivity (Wildman–Crippen MR) is 152 cm³/mol. The normalized spacial score (nSPS) is 17.8. The van der Waals surface area contributed by atoms with Crippen LogP contribution >= 0.6 is 11.6 Å². The van der Waals surface area contributed by atoms with Crippen LogP contribution < -0.4 is 20.5 Å². The monoisotopic (exact) mass is 551 g/mol. The van der Waals surface area contributed by atoms with Crippen molar-refractivity contribution in [2.24, 2.45) is 5.73 Å². The number of ether oxygens (including phenoxy) is 1. The molecule has 1 fully saturated rings. The van der Waals surface area contributed by atoms with Crippen molar-refractivity contribution in [3.05, 3.63) is 71.4 Å². The molecular weight excluding hydrogens is 522 g/mol. The fourth-order valence-corrected chi connectivity index (χ4v) is 6.43. The SMILES string of the molecule is COc1cc(-c2ccc(NS(=O)(=O)c3ccccc3Cl)cc2C)cc2cnc(NC3CCC(N)CC3)nc12. The second-order valence-corrected chi connectivity index (χ2v) is 11.7. The summed E-state index contributed by atoms with van der Waals surface area (Å²) in [7, 11) is -2.21. The Balaban J connectivity index is 1.41. The molecule has 198 valence electrons. The molecule has 1 heterocycles. The van der Waals surface area contributed by atoms with E-state index in [2.05, 4.69) is 15.0 Å². The molecule has 0 aliphatic heterocycles. The lowest BCUT2D eigenvalue weighted by molar-refractivity contribution is 0.409. The summed E-state index contributed by atoms with van der Waals surface area (Å²) >= 11 is 6.10. The first-order valence-electron chi connectivity index (χ1n) is 12.5. The molecule has 0 radical (unpaired) electrons. The third-order valence-corrected chi connectivity index (χ3v) is 8.77. The van der Waals surface area contributed by atoms with Gasteiger partial charge < -0.3 is 15.8 Å². The van der Waals surface area contributed by atoms with E-state index in [0.717, 1.165) is 53.3 Å². The van der Waals surface area contributed by atoms with Crippen LogP contribution in [-0.2, 0) is 10.0 Å². The number of halogens is 1. The highest BCUT2D eigenvalue weighted by Gasteiger charge is 2.20. The minimum atomic E-state index is -3.83. The van der Waals surface area contributed by atoms with Crippen LogP contribution in [0.25, 0.3) is 22.0 Å². The van der Waals surface area contributed by atoms with E-state index < -0.39 is 10.0 Å². The summed E-state index contributed by atoms with van der Waals surface area (Å²) < 4.78 is 34.0. The average molecular weight is 552 g/mol. The number of nitrogens with zero attached hydrogens (tertiary/aromatic N) is 2. The van der Waals surface area contributed by atoms with Crippen molar-refractivity contribution in [1.82, 2.24) is 9.97 Å². The zero-order valence-electron chi connectivity index (χ0n) is 21.2. The number of methoxy groups -OCH3 is 1. The van der Waals surface area contributed by atoms with Gasteiger partial charge in [0.25, 0.3) is 10.0 Å². The van der Waals surface area contributed by atoms with Gasteiger partial charge in [-0.1, -0.05) is 29.8 Å². The largest absolute Gasteiger partial charge is 0.494 e. The van der Waals surface area contributed by atoms with Gasteiger partial charge in [0.05, 0.1) is 12.1 Å². The van der Waals surface area contributed by atoms with Gasteiger partial charge >= 0.3 is 0 Å².